The molecule has 2 aromatic rings. The van der Waals surface area contributed by atoms with Crippen LogP contribution in [0.2, 0.25) is 0 Å². The lowest BCUT2D eigenvalue weighted by molar-refractivity contribution is 0.882. The summed E-state index contributed by atoms with van der Waals surface area (Å²) < 4.78 is 1.10. The first kappa shape index (κ1) is 14.9. The summed E-state index contributed by atoms with van der Waals surface area (Å²) in [5, 5.41) is 3.56. The summed E-state index contributed by atoms with van der Waals surface area (Å²) in [4.78, 5) is 2.11. The van der Waals surface area contributed by atoms with Crippen LogP contribution in [0.25, 0.3) is 0 Å². The van der Waals surface area contributed by atoms with E-state index in [1.165, 1.54) is 16.8 Å². The number of rotatable bonds is 4. The Morgan fingerprint density at radius 2 is 1.70 bits per heavy atom. The Labute approximate surface area is 129 Å². The Hall–Kier alpha value is -1.48. The summed E-state index contributed by atoms with van der Waals surface area (Å²) in [7, 11) is 4.11. The Balaban J connectivity index is 2.15. The third kappa shape index (κ3) is 3.54. The Kier molecular flexibility index (Phi) is 4.71. The monoisotopic (exact) mass is 332 g/mol. The Morgan fingerprint density at radius 3 is 2.30 bits per heavy atom. The zero-order valence-corrected chi connectivity index (χ0v) is 14.0. The molecule has 0 heterocycles. The van der Waals surface area contributed by atoms with Gasteiger partial charge in [-0.15, -0.1) is 0 Å². The summed E-state index contributed by atoms with van der Waals surface area (Å²) in [6.07, 6.45) is 0. The molecule has 20 heavy (non-hydrogen) atoms. The van der Waals surface area contributed by atoms with E-state index >= 15 is 0 Å². The predicted molar refractivity (Wildman–Crippen MR) is 91.7 cm³/mol. The van der Waals surface area contributed by atoms with E-state index in [0.717, 1.165) is 10.2 Å². The van der Waals surface area contributed by atoms with Crippen molar-refractivity contribution in [2.45, 2.75) is 19.9 Å². The molecule has 2 rings (SSSR count). The molecule has 0 saturated heterocycles. The molecule has 2 nitrogen and oxygen atoms in total. The van der Waals surface area contributed by atoms with Crippen molar-refractivity contribution in [1.82, 2.24) is 0 Å². The van der Waals surface area contributed by atoms with Crippen molar-refractivity contribution in [2.24, 2.45) is 0 Å². The van der Waals surface area contributed by atoms with Gasteiger partial charge in [-0.3, -0.25) is 0 Å². The van der Waals surface area contributed by atoms with E-state index in [2.05, 4.69) is 96.6 Å². The van der Waals surface area contributed by atoms with Crippen molar-refractivity contribution in [3.63, 3.8) is 0 Å². The fraction of sp³-hybridized carbons (Fsp3) is 0.294. The first-order valence-electron chi connectivity index (χ1n) is 6.77. The lowest BCUT2D eigenvalue weighted by Crippen LogP contribution is -2.10. The summed E-state index contributed by atoms with van der Waals surface area (Å²) in [6.45, 7) is 4.29. The molecule has 3 heteroatoms. The average Bonchev–Trinajstić information content (AvgIpc) is 2.43. The van der Waals surface area contributed by atoms with Gasteiger partial charge in [0.15, 0.2) is 0 Å². The van der Waals surface area contributed by atoms with Gasteiger partial charge in [0.2, 0.25) is 0 Å². The van der Waals surface area contributed by atoms with Gasteiger partial charge < -0.3 is 10.2 Å². The molecule has 0 amide bonds. The molecule has 0 fully saturated rings. The molecule has 1 unspecified atom stereocenters. The van der Waals surface area contributed by atoms with Gasteiger partial charge >= 0.3 is 0 Å². The zero-order valence-electron chi connectivity index (χ0n) is 12.4. The van der Waals surface area contributed by atoms with Gasteiger partial charge in [0.1, 0.15) is 0 Å². The minimum Gasteiger partial charge on any atom is -0.378 e. The smallest absolute Gasteiger partial charge is 0.0491 e. The highest BCUT2D eigenvalue weighted by molar-refractivity contribution is 9.10. The largest absolute Gasteiger partial charge is 0.378 e. The topological polar surface area (TPSA) is 15.3 Å². The standard InChI is InChI=1S/C17H21BrN2/c1-12-5-10-16(18)17(11-12)19-13(2)14-6-8-15(9-7-14)20(3)4/h5-11,13,19H,1-4H3. The molecular formula is C17H21BrN2. The first-order valence-corrected chi connectivity index (χ1v) is 7.56. The van der Waals surface area contributed by atoms with E-state index in [1.54, 1.807) is 0 Å². The van der Waals surface area contributed by atoms with E-state index in [0.29, 0.717) is 0 Å². The fourth-order valence-electron chi connectivity index (χ4n) is 2.13. The van der Waals surface area contributed by atoms with Gasteiger partial charge in [-0.05, 0) is 65.2 Å². The van der Waals surface area contributed by atoms with E-state index in [1.807, 2.05) is 0 Å². The third-order valence-electron chi connectivity index (χ3n) is 3.40. The number of anilines is 2. The number of hydrogen-bond donors (Lipinski definition) is 1. The van der Waals surface area contributed by atoms with Gasteiger partial charge in [-0.2, -0.15) is 0 Å². The Morgan fingerprint density at radius 1 is 1.05 bits per heavy atom. The molecule has 0 aliphatic carbocycles. The van der Waals surface area contributed by atoms with Crippen LogP contribution in [-0.2, 0) is 0 Å². The molecule has 0 aliphatic heterocycles. The van der Waals surface area contributed by atoms with Crippen molar-refractivity contribution in [2.75, 3.05) is 24.3 Å². The van der Waals surface area contributed by atoms with Gasteiger partial charge in [0.25, 0.3) is 0 Å². The average molecular weight is 333 g/mol. The zero-order chi connectivity index (χ0) is 14.7. The number of hydrogen-bond acceptors (Lipinski definition) is 2. The van der Waals surface area contributed by atoms with Crippen LogP contribution in [0, 0.1) is 6.92 Å². The van der Waals surface area contributed by atoms with Crippen molar-refractivity contribution in [1.29, 1.82) is 0 Å². The van der Waals surface area contributed by atoms with Gasteiger partial charge in [0, 0.05) is 36.0 Å². The second kappa shape index (κ2) is 6.31. The van der Waals surface area contributed by atoms with Crippen LogP contribution in [0.1, 0.15) is 24.1 Å². The van der Waals surface area contributed by atoms with Gasteiger partial charge in [-0.1, -0.05) is 18.2 Å². The van der Waals surface area contributed by atoms with Crippen molar-refractivity contribution in [3.05, 3.63) is 58.1 Å². The highest BCUT2D eigenvalue weighted by Gasteiger charge is 2.08. The number of halogens is 1. The molecule has 1 atom stereocenters. The van der Waals surface area contributed by atoms with Crippen LogP contribution < -0.4 is 10.2 Å². The maximum atomic E-state index is 3.59. The van der Waals surface area contributed by atoms with Crippen LogP contribution >= 0.6 is 15.9 Å². The quantitative estimate of drug-likeness (QED) is 0.847. The Bertz CT molecular complexity index is 576. The highest BCUT2D eigenvalue weighted by atomic mass is 79.9. The summed E-state index contributed by atoms with van der Waals surface area (Å²) in [6, 6.07) is 15.3. The third-order valence-corrected chi connectivity index (χ3v) is 4.09. The first-order chi connectivity index (χ1) is 9.47. The van der Waals surface area contributed by atoms with Crippen LogP contribution in [0.5, 0.6) is 0 Å². The van der Waals surface area contributed by atoms with E-state index in [9.17, 15) is 0 Å². The maximum Gasteiger partial charge on any atom is 0.0491 e. The molecule has 0 spiro atoms. The molecular weight excluding hydrogens is 312 g/mol. The summed E-state index contributed by atoms with van der Waals surface area (Å²) in [5.41, 5.74) is 4.89. The van der Waals surface area contributed by atoms with Crippen molar-refractivity contribution in [3.8, 4) is 0 Å². The fourth-order valence-corrected chi connectivity index (χ4v) is 2.49. The van der Waals surface area contributed by atoms with E-state index in [-0.39, 0.29) is 6.04 Å². The van der Waals surface area contributed by atoms with E-state index in [4.69, 9.17) is 0 Å². The predicted octanol–water partition coefficient (Wildman–Crippen LogP) is 5.00. The second-order valence-electron chi connectivity index (χ2n) is 5.34. The number of nitrogens with zero attached hydrogens (tertiary/aromatic N) is 1. The molecule has 0 bridgehead atoms. The van der Waals surface area contributed by atoms with Crippen LogP contribution in [0.15, 0.2) is 46.9 Å². The number of benzene rings is 2. The van der Waals surface area contributed by atoms with Gasteiger partial charge in [-0.25, -0.2) is 0 Å². The van der Waals surface area contributed by atoms with Crippen molar-refractivity contribution >= 4 is 27.3 Å². The van der Waals surface area contributed by atoms with E-state index < -0.39 is 0 Å². The summed E-state index contributed by atoms with van der Waals surface area (Å²) >= 11 is 3.59. The molecule has 0 aromatic heterocycles. The molecule has 0 aliphatic rings. The molecule has 1 N–H and O–H groups in total. The second-order valence-corrected chi connectivity index (χ2v) is 6.19. The normalized spacial score (nSPS) is 12.1. The molecule has 2 aromatic carbocycles. The minimum atomic E-state index is 0.268. The SMILES string of the molecule is Cc1ccc(Br)c(NC(C)c2ccc(N(C)C)cc2)c1. The minimum absolute atomic E-state index is 0.268. The maximum absolute atomic E-state index is 3.59. The lowest BCUT2D eigenvalue weighted by atomic mass is 10.1. The lowest BCUT2D eigenvalue weighted by Gasteiger charge is -2.19. The molecule has 106 valence electrons. The highest BCUT2D eigenvalue weighted by Crippen LogP contribution is 2.28. The van der Waals surface area contributed by atoms with Crippen molar-refractivity contribution < 1.29 is 0 Å². The molecule has 0 saturated carbocycles. The van der Waals surface area contributed by atoms with Gasteiger partial charge in [0.05, 0.1) is 0 Å². The van der Waals surface area contributed by atoms with Crippen LogP contribution in [-0.4, -0.2) is 14.1 Å². The molecule has 0 radical (unpaired) electrons. The summed E-state index contributed by atoms with van der Waals surface area (Å²) in [5.74, 6) is 0. The number of aryl methyl sites for hydroxylation is 1. The number of nitrogens with one attached hydrogen (secondary N) is 1. The van der Waals surface area contributed by atoms with Crippen LogP contribution in [0.4, 0.5) is 11.4 Å². The van der Waals surface area contributed by atoms with Crippen LogP contribution in [0.3, 0.4) is 0 Å².